The third-order valence-electron chi connectivity index (χ3n) is 4.72. The van der Waals surface area contributed by atoms with Crippen molar-refractivity contribution in [2.75, 3.05) is 7.11 Å². The van der Waals surface area contributed by atoms with E-state index in [0.717, 1.165) is 0 Å². The van der Waals surface area contributed by atoms with E-state index in [1.165, 1.54) is 49.6 Å². The third kappa shape index (κ3) is 5.04. The topological polar surface area (TPSA) is 100 Å². The molecule has 8 nitrogen and oxygen atoms in total. The van der Waals surface area contributed by atoms with E-state index in [0.29, 0.717) is 28.2 Å². The molecular weight excluding hydrogens is 431 g/mol. The minimum Gasteiger partial charge on any atom is -0.493 e. The molecule has 33 heavy (non-hydrogen) atoms. The van der Waals surface area contributed by atoms with Crippen molar-refractivity contribution >= 4 is 23.6 Å². The minimum atomic E-state index is -0.626. The van der Waals surface area contributed by atoms with E-state index in [9.17, 15) is 19.3 Å². The van der Waals surface area contributed by atoms with E-state index in [-0.39, 0.29) is 23.9 Å². The van der Waals surface area contributed by atoms with Gasteiger partial charge in [0.25, 0.3) is 5.69 Å². The van der Waals surface area contributed by atoms with Crippen LogP contribution in [0, 0.1) is 15.9 Å². The number of nitro groups is 1. The Morgan fingerprint density at radius 2 is 1.88 bits per heavy atom. The number of carbonyl (C=O) groups excluding carboxylic acids is 1. The van der Waals surface area contributed by atoms with E-state index in [1.807, 2.05) is 0 Å². The number of hydrogen-bond acceptors (Lipinski definition) is 7. The molecule has 1 heterocycles. The molecule has 0 fully saturated rings. The molecule has 4 rings (SSSR count). The van der Waals surface area contributed by atoms with E-state index in [4.69, 9.17) is 14.2 Å². The average Bonchev–Trinajstić information content (AvgIpc) is 3.18. The van der Waals surface area contributed by atoms with Crippen LogP contribution in [0.4, 0.5) is 10.1 Å². The van der Waals surface area contributed by atoms with Gasteiger partial charge in [0.05, 0.1) is 12.0 Å². The van der Waals surface area contributed by atoms with Crippen molar-refractivity contribution < 1.29 is 28.3 Å². The lowest BCUT2D eigenvalue weighted by molar-refractivity contribution is -0.384. The first kappa shape index (κ1) is 21.7. The standard InChI is InChI=1S/C24H17FN2O6/c1-31-22-13-15(5-10-21(22)32-14-16-3-2-4-19(11-16)27(29)30)12-20-24(28)33-23(26-20)17-6-8-18(25)9-7-17/h2-13H,14H2,1H3/b20-12-. The Morgan fingerprint density at radius 1 is 1.09 bits per heavy atom. The third-order valence-corrected chi connectivity index (χ3v) is 4.72. The first-order chi connectivity index (χ1) is 15.9. The van der Waals surface area contributed by atoms with Crippen LogP contribution in [0.2, 0.25) is 0 Å². The number of cyclic esters (lactones) is 1. The number of nitro benzene ring substituents is 1. The Hall–Kier alpha value is -4.53. The second-order valence-corrected chi connectivity index (χ2v) is 6.97. The molecule has 0 amide bonds. The second kappa shape index (κ2) is 9.31. The molecule has 1 aliphatic heterocycles. The number of esters is 1. The molecule has 9 heteroatoms. The number of benzene rings is 3. The number of ether oxygens (including phenoxy) is 3. The summed E-state index contributed by atoms with van der Waals surface area (Å²) < 4.78 is 29.4. The van der Waals surface area contributed by atoms with Gasteiger partial charge in [-0.25, -0.2) is 14.2 Å². The SMILES string of the molecule is COc1cc(/C=C2\N=C(c3ccc(F)cc3)OC2=O)ccc1OCc1cccc([N+](=O)[O-])c1. The fraction of sp³-hybridized carbons (Fsp3) is 0.0833. The Labute approximate surface area is 187 Å². The lowest BCUT2D eigenvalue weighted by Gasteiger charge is -2.11. The largest absolute Gasteiger partial charge is 0.493 e. The van der Waals surface area contributed by atoms with Crippen LogP contribution in [0.15, 0.2) is 77.4 Å². The van der Waals surface area contributed by atoms with E-state index >= 15 is 0 Å². The van der Waals surface area contributed by atoms with Crippen LogP contribution in [0.25, 0.3) is 6.08 Å². The lowest BCUT2D eigenvalue weighted by atomic mass is 10.1. The summed E-state index contributed by atoms with van der Waals surface area (Å²) in [6, 6.07) is 16.6. The molecule has 0 atom stereocenters. The predicted octanol–water partition coefficient (Wildman–Crippen LogP) is 4.67. The maximum Gasteiger partial charge on any atom is 0.363 e. The van der Waals surface area contributed by atoms with Gasteiger partial charge in [-0.05, 0) is 53.6 Å². The van der Waals surface area contributed by atoms with Gasteiger partial charge in [-0.2, -0.15) is 0 Å². The van der Waals surface area contributed by atoms with Crippen molar-refractivity contribution in [1.29, 1.82) is 0 Å². The van der Waals surface area contributed by atoms with Gasteiger partial charge < -0.3 is 14.2 Å². The van der Waals surface area contributed by atoms with Gasteiger partial charge in [-0.1, -0.05) is 18.2 Å². The summed E-state index contributed by atoms with van der Waals surface area (Å²) in [5.74, 6) is -0.103. The second-order valence-electron chi connectivity index (χ2n) is 6.97. The van der Waals surface area contributed by atoms with Crippen LogP contribution in [0.3, 0.4) is 0 Å². The fourth-order valence-electron chi connectivity index (χ4n) is 3.10. The molecule has 166 valence electrons. The maximum absolute atomic E-state index is 13.1. The van der Waals surface area contributed by atoms with E-state index in [2.05, 4.69) is 4.99 Å². The van der Waals surface area contributed by atoms with Gasteiger partial charge in [0.2, 0.25) is 5.90 Å². The number of hydrogen-bond donors (Lipinski definition) is 0. The molecule has 0 radical (unpaired) electrons. The molecule has 1 aliphatic rings. The fourth-order valence-corrected chi connectivity index (χ4v) is 3.10. The van der Waals surface area contributed by atoms with E-state index < -0.39 is 16.7 Å². The maximum atomic E-state index is 13.1. The molecule has 0 saturated carbocycles. The molecule has 0 unspecified atom stereocenters. The number of carbonyl (C=O) groups is 1. The molecule has 0 aromatic heterocycles. The van der Waals surface area contributed by atoms with Crippen molar-refractivity contribution in [2.24, 2.45) is 4.99 Å². The quantitative estimate of drug-likeness (QED) is 0.225. The molecule has 0 bridgehead atoms. The zero-order valence-corrected chi connectivity index (χ0v) is 17.4. The Kier molecular flexibility index (Phi) is 6.12. The Balaban J connectivity index is 1.52. The van der Waals surface area contributed by atoms with Crippen molar-refractivity contribution in [2.45, 2.75) is 6.61 Å². The van der Waals surface area contributed by atoms with Crippen LogP contribution in [-0.4, -0.2) is 23.9 Å². The van der Waals surface area contributed by atoms with Crippen LogP contribution >= 0.6 is 0 Å². The van der Waals surface area contributed by atoms with Gasteiger partial charge >= 0.3 is 5.97 Å². The van der Waals surface area contributed by atoms with Gasteiger partial charge in [0.1, 0.15) is 12.4 Å². The average molecular weight is 448 g/mol. The van der Waals surface area contributed by atoms with Crippen molar-refractivity contribution in [3.63, 3.8) is 0 Å². The van der Waals surface area contributed by atoms with Crippen LogP contribution in [-0.2, 0) is 16.1 Å². The van der Waals surface area contributed by atoms with E-state index in [1.54, 1.807) is 30.3 Å². The highest BCUT2D eigenvalue weighted by atomic mass is 19.1. The van der Waals surface area contributed by atoms with Gasteiger partial charge in [-0.3, -0.25) is 10.1 Å². The number of non-ortho nitro benzene ring substituents is 1. The number of nitrogens with zero attached hydrogens (tertiary/aromatic N) is 2. The Bertz CT molecular complexity index is 1280. The Morgan fingerprint density at radius 3 is 2.61 bits per heavy atom. The van der Waals surface area contributed by atoms with Gasteiger partial charge in [-0.15, -0.1) is 0 Å². The summed E-state index contributed by atoms with van der Waals surface area (Å²) in [5, 5.41) is 10.9. The zero-order valence-electron chi connectivity index (χ0n) is 17.4. The highest BCUT2D eigenvalue weighted by Crippen LogP contribution is 2.30. The number of halogens is 1. The molecule has 3 aromatic carbocycles. The van der Waals surface area contributed by atoms with Crippen molar-refractivity contribution in [1.82, 2.24) is 0 Å². The van der Waals surface area contributed by atoms with Crippen molar-refractivity contribution in [3.8, 4) is 11.5 Å². The molecule has 0 aliphatic carbocycles. The monoisotopic (exact) mass is 448 g/mol. The normalized spacial score (nSPS) is 14.1. The van der Waals surface area contributed by atoms with Gasteiger partial charge in [0, 0.05) is 17.7 Å². The summed E-state index contributed by atoms with van der Waals surface area (Å²) in [6.07, 6.45) is 1.53. The number of methoxy groups -OCH3 is 1. The first-order valence-corrected chi connectivity index (χ1v) is 9.75. The minimum absolute atomic E-state index is 0.0194. The molecule has 0 saturated heterocycles. The van der Waals surface area contributed by atoms with Crippen LogP contribution in [0.5, 0.6) is 11.5 Å². The number of rotatable bonds is 7. The summed E-state index contributed by atoms with van der Waals surface area (Å²) in [7, 11) is 1.47. The van der Waals surface area contributed by atoms with Crippen molar-refractivity contribution in [3.05, 3.63) is 105 Å². The highest BCUT2D eigenvalue weighted by Gasteiger charge is 2.24. The first-order valence-electron chi connectivity index (χ1n) is 9.75. The smallest absolute Gasteiger partial charge is 0.363 e. The molecule has 0 N–H and O–H groups in total. The number of aliphatic imine (C=N–C) groups is 1. The van der Waals surface area contributed by atoms with Crippen LogP contribution < -0.4 is 9.47 Å². The highest BCUT2D eigenvalue weighted by molar-refractivity contribution is 6.12. The van der Waals surface area contributed by atoms with Crippen LogP contribution in [0.1, 0.15) is 16.7 Å². The summed E-state index contributed by atoms with van der Waals surface area (Å²) >= 11 is 0. The summed E-state index contributed by atoms with van der Waals surface area (Å²) in [6.45, 7) is 0.107. The molecule has 3 aromatic rings. The summed E-state index contributed by atoms with van der Waals surface area (Å²) in [4.78, 5) is 26.9. The zero-order chi connectivity index (χ0) is 23.4. The summed E-state index contributed by atoms with van der Waals surface area (Å²) in [5.41, 5.74) is 1.80. The predicted molar refractivity (Wildman–Crippen MR) is 117 cm³/mol. The van der Waals surface area contributed by atoms with Gasteiger partial charge in [0.15, 0.2) is 17.2 Å². The molecule has 0 spiro atoms. The lowest BCUT2D eigenvalue weighted by Crippen LogP contribution is -2.05. The molecular formula is C24H17FN2O6.